The maximum Gasteiger partial charge on any atom is 0.338 e. The number of aromatic amines is 1. The van der Waals surface area contributed by atoms with E-state index in [1.54, 1.807) is 20.8 Å². The minimum Gasteiger partial charge on any atom is -0.456 e. The number of halogens is 2. The summed E-state index contributed by atoms with van der Waals surface area (Å²) in [4.78, 5) is 25.1. The maximum atomic E-state index is 13.7. The largest absolute Gasteiger partial charge is 0.456 e. The molecule has 0 spiro atoms. The summed E-state index contributed by atoms with van der Waals surface area (Å²) in [5.74, 6) is -3.21. The Morgan fingerprint density at radius 3 is 2.43 bits per heavy atom. The number of carbonyl (C=O) groups excluding carboxylic acids is 2. The Morgan fingerprint density at radius 1 is 1.07 bits per heavy atom. The van der Waals surface area contributed by atoms with Crippen molar-refractivity contribution in [2.24, 2.45) is 0 Å². The summed E-state index contributed by atoms with van der Waals surface area (Å²) >= 11 is 0. The zero-order valence-electron chi connectivity index (χ0n) is 16.4. The Kier molecular flexibility index (Phi) is 5.86. The molecule has 156 valence electrons. The standard InChI is InChI=1S/C20H19F2N5O3/c1-20(2,3)30-19(29)13-6-4-5-12(9-13)18(28)23-16(17-24-26-27-25-17)11-7-8-14(21)15(22)10-11/h4-10,16H,1-3H3,(H,23,28)(H,24,25,26,27). The van der Waals surface area contributed by atoms with Gasteiger partial charge in [0.05, 0.1) is 5.56 Å². The molecule has 10 heteroatoms. The predicted octanol–water partition coefficient (Wildman–Crippen LogP) is 2.95. The molecule has 1 unspecified atom stereocenters. The van der Waals surface area contributed by atoms with Crippen molar-refractivity contribution in [2.45, 2.75) is 32.4 Å². The summed E-state index contributed by atoms with van der Waals surface area (Å²) in [5.41, 5.74) is -0.117. The number of hydrogen-bond donors (Lipinski definition) is 2. The first-order chi connectivity index (χ1) is 14.1. The van der Waals surface area contributed by atoms with Crippen LogP contribution in [0.15, 0.2) is 42.5 Å². The third-order valence-corrected chi connectivity index (χ3v) is 3.93. The number of amides is 1. The lowest BCUT2D eigenvalue weighted by Gasteiger charge is -2.20. The topological polar surface area (TPSA) is 110 Å². The fourth-order valence-corrected chi connectivity index (χ4v) is 2.62. The Hall–Kier alpha value is -3.69. The quantitative estimate of drug-likeness (QED) is 0.620. The summed E-state index contributed by atoms with van der Waals surface area (Å²) in [6, 6.07) is 8.12. The lowest BCUT2D eigenvalue weighted by molar-refractivity contribution is 0.00695. The van der Waals surface area contributed by atoms with Crippen LogP contribution in [0.25, 0.3) is 0 Å². The van der Waals surface area contributed by atoms with Gasteiger partial charge in [0, 0.05) is 5.56 Å². The van der Waals surface area contributed by atoms with Gasteiger partial charge in [0.15, 0.2) is 11.6 Å². The first-order valence-corrected chi connectivity index (χ1v) is 8.96. The number of ether oxygens (including phenoxy) is 1. The second-order valence-electron chi connectivity index (χ2n) is 7.43. The van der Waals surface area contributed by atoms with Crippen LogP contribution in [0.2, 0.25) is 0 Å². The van der Waals surface area contributed by atoms with Crippen molar-refractivity contribution in [2.75, 3.05) is 0 Å². The van der Waals surface area contributed by atoms with Crippen LogP contribution in [0, 0.1) is 11.6 Å². The van der Waals surface area contributed by atoms with Gasteiger partial charge >= 0.3 is 5.97 Å². The smallest absolute Gasteiger partial charge is 0.338 e. The Labute approximate surface area is 170 Å². The molecular formula is C20H19F2N5O3. The molecule has 0 aliphatic heterocycles. The van der Waals surface area contributed by atoms with Crippen LogP contribution in [0.5, 0.6) is 0 Å². The molecule has 1 atom stereocenters. The highest BCUT2D eigenvalue weighted by atomic mass is 19.2. The van der Waals surface area contributed by atoms with E-state index < -0.39 is 35.2 Å². The van der Waals surface area contributed by atoms with Crippen LogP contribution in [-0.4, -0.2) is 38.1 Å². The van der Waals surface area contributed by atoms with Gasteiger partial charge in [-0.1, -0.05) is 17.3 Å². The number of rotatable bonds is 5. The molecule has 1 heterocycles. The number of aromatic nitrogens is 4. The minimum absolute atomic E-state index is 0.0534. The monoisotopic (exact) mass is 415 g/mol. The number of hydrogen-bond acceptors (Lipinski definition) is 6. The molecule has 3 aromatic rings. The summed E-state index contributed by atoms with van der Waals surface area (Å²) < 4.78 is 32.3. The van der Waals surface area contributed by atoms with E-state index in [0.29, 0.717) is 0 Å². The van der Waals surface area contributed by atoms with E-state index in [-0.39, 0.29) is 22.5 Å². The van der Waals surface area contributed by atoms with Crippen LogP contribution in [0.3, 0.4) is 0 Å². The maximum absolute atomic E-state index is 13.7. The first kappa shape index (κ1) is 21.0. The molecule has 0 radical (unpaired) electrons. The molecule has 8 nitrogen and oxygen atoms in total. The van der Waals surface area contributed by atoms with Crippen LogP contribution in [0.1, 0.15) is 58.9 Å². The first-order valence-electron chi connectivity index (χ1n) is 8.96. The van der Waals surface area contributed by atoms with Gasteiger partial charge in [-0.3, -0.25) is 4.79 Å². The van der Waals surface area contributed by atoms with Crippen molar-refractivity contribution < 1.29 is 23.1 Å². The molecule has 0 saturated carbocycles. The fraction of sp³-hybridized carbons (Fsp3) is 0.250. The van der Waals surface area contributed by atoms with Crippen molar-refractivity contribution in [1.29, 1.82) is 0 Å². The van der Waals surface area contributed by atoms with Crippen molar-refractivity contribution in [3.63, 3.8) is 0 Å². The lowest BCUT2D eigenvalue weighted by Crippen LogP contribution is -2.30. The molecule has 1 amide bonds. The van der Waals surface area contributed by atoms with Crippen LogP contribution in [-0.2, 0) is 4.74 Å². The van der Waals surface area contributed by atoms with E-state index in [9.17, 15) is 18.4 Å². The van der Waals surface area contributed by atoms with Crippen LogP contribution in [0.4, 0.5) is 8.78 Å². The second-order valence-corrected chi connectivity index (χ2v) is 7.43. The zero-order chi connectivity index (χ0) is 21.9. The lowest BCUT2D eigenvalue weighted by atomic mass is 10.0. The van der Waals surface area contributed by atoms with Gasteiger partial charge in [-0.25, -0.2) is 13.6 Å². The third kappa shape index (κ3) is 5.02. The van der Waals surface area contributed by atoms with E-state index in [0.717, 1.165) is 12.1 Å². The van der Waals surface area contributed by atoms with E-state index in [4.69, 9.17) is 4.74 Å². The predicted molar refractivity (Wildman–Crippen MR) is 101 cm³/mol. The molecule has 0 aliphatic carbocycles. The Morgan fingerprint density at radius 2 is 1.80 bits per heavy atom. The molecule has 1 aromatic heterocycles. The molecular weight excluding hydrogens is 396 g/mol. The van der Waals surface area contributed by atoms with Gasteiger partial charge in [0.25, 0.3) is 5.91 Å². The van der Waals surface area contributed by atoms with Gasteiger partial charge in [-0.2, -0.15) is 5.21 Å². The molecule has 30 heavy (non-hydrogen) atoms. The highest BCUT2D eigenvalue weighted by Crippen LogP contribution is 2.22. The van der Waals surface area contributed by atoms with E-state index in [2.05, 4.69) is 25.9 Å². The number of carbonyl (C=O) groups is 2. The number of H-pyrrole nitrogens is 1. The van der Waals surface area contributed by atoms with Crippen molar-refractivity contribution in [3.8, 4) is 0 Å². The van der Waals surface area contributed by atoms with E-state index in [1.807, 2.05) is 0 Å². The van der Waals surface area contributed by atoms with E-state index >= 15 is 0 Å². The number of nitrogens with one attached hydrogen (secondary N) is 2. The number of nitrogens with zero attached hydrogens (tertiary/aromatic N) is 3. The molecule has 0 aliphatic rings. The van der Waals surface area contributed by atoms with Gasteiger partial charge in [0.2, 0.25) is 5.82 Å². The Bertz CT molecular complexity index is 1060. The molecule has 2 N–H and O–H groups in total. The summed E-state index contributed by atoms with van der Waals surface area (Å²) in [6.45, 7) is 5.20. The molecule has 0 bridgehead atoms. The van der Waals surface area contributed by atoms with Crippen LogP contribution >= 0.6 is 0 Å². The minimum atomic E-state index is -1.08. The second kappa shape index (κ2) is 8.36. The zero-order valence-corrected chi connectivity index (χ0v) is 16.4. The van der Waals surface area contributed by atoms with Gasteiger partial charge in [-0.15, -0.1) is 10.2 Å². The molecule has 0 fully saturated rings. The third-order valence-electron chi connectivity index (χ3n) is 3.93. The van der Waals surface area contributed by atoms with Crippen LogP contribution < -0.4 is 5.32 Å². The molecule has 2 aromatic carbocycles. The molecule has 0 saturated heterocycles. The van der Waals surface area contributed by atoms with Crippen molar-refractivity contribution in [1.82, 2.24) is 25.9 Å². The summed E-state index contributed by atoms with van der Waals surface area (Å²) in [5, 5.41) is 16.0. The average Bonchev–Trinajstić information content (AvgIpc) is 3.21. The normalized spacial score (nSPS) is 12.3. The fourth-order valence-electron chi connectivity index (χ4n) is 2.62. The summed E-state index contributed by atoms with van der Waals surface area (Å²) in [7, 11) is 0. The average molecular weight is 415 g/mol. The van der Waals surface area contributed by atoms with Gasteiger partial charge in [-0.05, 0) is 56.7 Å². The number of tetrazole rings is 1. The Balaban J connectivity index is 1.87. The van der Waals surface area contributed by atoms with E-state index in [1.165, 1.54) is 30.3 Å². The number of benzene rings is 2. The molecule has 3 rings (SSSR count). The highest BCUT2D eigenvalue weighted by Gasteiger charge is 2.24. The van der Waals surface area contributed by atoms with Gasteiger partial charge < -0.3 is 10.1 Å². The highest BCUT2D eigenvalue weighted by molar-refractivity contribution is 5.98. The summed E-state index contributed by atoms with van der Waals surface area (Å²) in [6.07, 6.45) is 0. The van der Waals surface area contributed by atoms with Crippen molar-refractivity contribution in [3.05, 3.63) is 76.6 Å². The van der Waals surface area contributed by atoms with Crippen molar-refractivity contribution >= 4 is 11.9 Å². The SMILES string of the molecule is CC(C)(C)OC(=O)c1cccc(C(=O)NC(c2ccc(F)c(F)c2)c2nn[nH]n2)c1. The number of esters is 1. The van der Waals surface area contributed by atoms with Gasteiger partial charge in [0.1, 0.15) is 11.6 Å².